The normalized spacial score (nSPS) is 17.1. The van der Waals surface area contributed by atoms with Gasteiger partial charge in [0.2, 0.25) is 10.0 Å². The quantitative estimate of drug-likeness (QED) is 0.807. The average Bonchev–Trinajstić information content (AvgIpc) is 3.29. The first-order chi connectivity index (χ1) is 9.41. The number of hydrogen-bond acceptors (Lipinski definition) is 4. The summed E-state index contributed by atoms with van der Waals surface area (Å²) in [6.45, 7) is 1.95. The van der Waals surface area contributed by atoms with E-state index in [1.807, 2.05) is 6.92 Å². The molecule has 20 heavy (non-hydrogen) atoms. The lowest BCUT2D eigenvalue weighted by Crippen LogP contribution is -2.36. The van der Waals surface area contributed by atoms with Crippen molar-refractivity contribution < 1.29 is 17.9 Å². The van der Waals surface area contributed by atoms with Gasteiger partial charge in [0.25, 0.3) is 0 Å². The third kappa shape index (κ3) is 2.76. The van der Waals surface area contributed by atoms with Crippen molar-refractivity contribution in [3.63, 3.8) is 0 Å². The van der Waals surface area contributed by atoms with Gasteiger partial charge in [-0.15, -0.1) is 0 Å². The molecule has 0 heterocycles. The van der Waals surface area contributed by atoms with Gasteiger partial charge in [-0.1, -0.05) is 0 Å². The molecule has 0 spiro atoms. The van der Waals surface area contributed by atoms with Crippen LogP contribution in [0, 0.1) is 5.92 Å². The summed E-state index contributed by atoms with van der Waals surface area (Å²) >= 11 is 0. The summed E-state index contributed by atoms with van der Waals surface area (Å²) in [5.74, 6) is 1.30. The summed E-state index contributed by atoms with van der Waals surface area (Å²) in [6.07, 6.45) is 2.19. The number of hydrogen-bond donors (Lipinski definition) is 0. The van der Waals surface area contributed by atoms with Crippen LogP contribution >= 0.6 is 0 Å². The smallest absolute Gasteiger partial charge is 0.246 e. The van der Waals surface area contributed by atoms with Crippen molar-refractivity contribution in [2.45, 2.75) is 30.7 Å². The van der Waals surface area contributed by atoms with E-state index >= 15 is 0 Å². The van der Waals surface area contributed by atoms with Gasteiger partial charge in [0, 0.05) is 19.2 Å². The summed E-state index contributed by atoms with van der Waals surface area (Å²) in [5, 5.41) is 0. The Kier molecular flexibility index (Phi) is 4.25. The van der Waals surface area contributed by atoms with E-state index in [9.17, 15) is 8.42 Å². The SMILES string of the molecule is COc1ccc(OC)c(S(=O)(=O)N(C)C(C)C2CC2)c1. The van der Waals surface area contributed by atoms with Gasteiger partial charge in [0.05, 0.1) is 14.2 Å². The lowest BCUT2D eigenvalue weighted by molar-refractivity contribution is 0.350. The molecule has 1 saturated carbocycles. The molecule has 0 bridgehead atoms. The monoisotopic (exact) mass is 299 g/mol. The minimum atomic E-state index is -3.59. The zero-order chi connectivity index (χ0) is 14.9. The highest BCUT2D eigenvalue weighted by atomic mass is 32.2. The highest BCUT2D eigenvalue weighted by Gasteiger charge is 2.37. The molecule has 0 aliphatic heterocycles. The number of rotatable bonds is 6. The van der Waals surface area contributed by atoms with Crippen LogP contribution in [0.25, 0.3) is 0 Å². The molecule has 1 fully saturated rings. The van der Waals surface area contributed by atoms with E-state index in [0.717, 1.165) is 12.8 Å². The maximum Gasteiger partial charge on any atom is 0.246 e. The lowest BCUT2D eigenvalue weighted by atomic mass is 10.2. The van der Waals surface area contributed by atoms with Crippen LogP contribution in [0.1, 0.15) is 19.8 Å². The molecule has 0 aromatic heterocycles. The first kappa shape index (κ1) is 15.1. The van der Waals surface area contributed by atoms with Gasteiger partial charge in [-0.25, -0.2) is 8.42 Å². The Balaban J connectivity index is 2.41. The van der Waals surface area contributed by atoms with Crippen LogP contribution in [0.4, 0.5) is 0 Å². The van der Waals surface area contributed by atoms with Crippen LogP contribution in [-0.4, -0.2) is 40.0 Å². The van der Waals surface area contributed by atoms with Crippen molar-refractivity contribution in [2.75, 3.05) is 21.3 Å². The molecule has 1 aromatic rings. The van der Waals surface area contributed by atoms with Crippen LogP contribution in [0.5, 0.6) is 11.5 Å². The van der Waals surface area contributed by atoms with Crippen molar-refractivity contribution in [3.8, 4) is 11.5 Å². The minimum Gasteiger partial charge on any atom is -0.497 e. The van der Waals surface area contributed by atoms with Crippen LogP contribution < -0.4 is 9.47 Å². The maximum atomic E-state index is 12.7. The van der Waals surface area contributed by atoms with E-state index in [0.29, 0.717) is 17.4 Å². The van der Waals surface area contributed by atoms with Crippen molar-refractivity contribution in [3.05, 3.63) is 18.2 Å². The first-order valence-corrected chi connectivity index (χ1v) is 8.06. The Hall–Kier alpha value is -1.27. The predicted octanol–water partition coefficient (Wildman–Crippen LogP) is 2.12. The largest absolute Gasteiger partial charge is 0.497 e. The number of benzene rings is 1. The molecule has 0 N–H and O–H groups in total. The number of sulfonamides is 1. The topological polar surface area (TPSA) is 55.8 Å². The minimum absolute atomic E-state index is 0.00379. The maximum absolute atomic E-state index is 12.7. The zero-order valence-corrected chi connectivity index (χ0v) is 13.1. The average molecular weight is 299 g/mol. The van der Waals surface area contributed by atoms with Gasteiger partial charge in [-0.3, -0.25) is 0 Å². The molecule has 0 amide bonds. The summed E-state index contributed by atoms with van der Waals surface area (Å²) in [5.41, 5.74) is 0. The molecule has 0 saturated heterocycles. The van der Waals surface area contributed by atoms with Gasteiger partial charge in [0.1, 0.15) is 16.4 Å². The molecule has 0 radical (unpaired) electrons. The Labute approximate surface area is 120 Å². The van der Waals surface area contributed by atoms with Crippen molar-refractivity contribution in [2.24, 2.45) is 5.92 Å². The Morgan fingerprint density at radius 3 is 2.40 bits per heavy atom. The third-order valence-corrected chi connectivity index (χ3v) is 5.87. The second kappa shape index (κ2) is 5.61. The summed E-state index contributed by atoms with van der Waals surface area (Å²) in [4.78, 5) is 0.148. The number of nitrogens with zero attached hydrogens (tertiary/aromatic N) is 1. The second-order valence-electron chi connectivity index (χ2n) is 5.12. The molecule has 1 aliphatic rings. The van der Waals surface area contributed by atoms with Gasteiger partial charge >= 0.3 is 0 Å². The Morgan fingerprint density at radius 2 is 1.90 bits per heavy atom. The van der Waals surface area contributed by atoms with E-state index in [1.54, 1.807) is 19.2 Å². The van der Waals surface area contributed by atoms with Crippen molar-refractivity contribution >= 4 is 10.0 Å². The second-order valence-corrected chi connectivity index (χ2v) is 7.08. The number of ether oxygens (including phenoxy) is 2. The van der Waals surface area contributed by atoms with Crippen molar-refractivity contribution in [1.82, 2.24) is 4.31 Å². The molecule has 6 heteroatoms. The molecular weight excluding hydrogens is 278 g/mol. The number of methoxy groups -OCH3 is 2. The standard InChI is InChI=1S/C14H21NO4S/c1-10(11-5-6-11)15(2)20(16,17)14-9-12(18-3)7-8-13(14)19-4/h7-11H,5-6H2,1-4H3. The van der Waals surface area contributed by atoms with E-state index in [2.05, 4.69) is 0 Å². The van der Waals surface area contributed by atoms with Gasteiger partial charge in [-0.05, 0) is 37.8 Å². The van der Waals surface area contributed by atoms with E-state index < -0.39 is 10.0 Å². The van der Waals surface area contributed by atoms with E-state index in [4.69, 9.17) is 9.47 Å². The molecule has 1 aliphatic carbocycles. The highest BCUT2D eigenvalue weighted by molar-refractivity contribution is 7.89. The highest BCUT2D eigenvalue weighted by Crippen LogP contribution is 2.38. The third-order valence-electron chi connectivity index (χ3n) is 3.91. The molecule has 112 valence electrons. The fourth-order valence-electron chi connectivity index (χ4n) is 2.24. The van der Waals surface area contributed by atoms with Crippen LogP contribution in [0.2, 0.25) is 0 Å². The van der Waals surface area contributed by atoms with E-state index in [1.165, 1.54) is 24.6 Å². The van der Waals surface area contributed by atoms with Crippen LogP contribution in [-0.2, 0) is 10.0 Å². The van der Waals surface area contributed by atoms with Crippen LogP contribution in [0.3, 0.4) is 0 Å². The Bertz CT molecular complexity index is 581. The molecule has 1 atom stereocenters. The molecule has 5 nitrogen and oxygen atoms in total. The Morgan fingerprint density at radius 1 is 1.25 bits per heavy atom. The fourth-order valence-corrected chi connectivity index (χ4v) is 3.83. The van der Waals surface area contributed by atoms with Crippen LogP contribution in [0.15, 0.2) is 23.1 Å². The molecule has 2 rings (SSSR count). The summed E-state index contributed by atoms with van der Waals surface area (Å²) in [7, 11) is 1.00. The molecule has 1 aromatic carbocycles. The summed E-state index contributed by atoms with van der Waals surface area (Å²) < 4.78 is 37.2. The predicted molar refractivity (Wildman–Crippen MR) is 76.7 cm³/mol. The van der Waals surface area contributed by atoms with Gasteiger partial charge in [0.15, 0.2) is 0 Å². The molecule has 1 unspecified atom stereocenters. The van der Waals surface area contributed by atoms with E-state index in [-0.39, 0.29) is 10.9 Å². The lowest BCUT2D eigenvalue weighted by Gasteiger charge is -2.25. The fraction of sp³-hybridized carbons (Fsp3) is 0.571. The zero-order valence-electron chi connectivity index (χ0n) is 12.3. The molecular formula is C14H21NO4S. The van der Waals surface area contributed by atoms with Gasteiger partial charge < -0.3 is 9.47 Å². The summed E-state index contributed by atoms with van der Waals surface area (Å²) in [6, 6.07) is 4.80. The first-order valence-electron chi connectivity index (χ1n) is 6.62. The van der Waals surface area contributed by atoms with Gasteiger partial charge in [-0.2, -0.15) is 4.31 Å². The van der Waals surface area contributed by atoms with Crippen molar-refractivity contribution in [1.29, 1.82) is 0 Å².